The summed E-state index contributed by atoms with van der Waals surface area (Å²) in [4.78, 5) is 0. The van der Waals surface area contributed by atoms with E-state index in [1.165, 1.54) is 38.5 Å². The van der Waals surface area contributed by atoms with Crippen LogP contribution in [-0.2, 0) is 0 Å². The fourth-order valence-electron chi connectivity index (χ4n) is 1.17. The zero-order valence-corrected chi connectivity index (χ0v) is 10.7. The first-order valence-corrected chi connectivity index (χ1v) is 5.23. The highest BCUT2D eigenvalue weighted by molar-refractivity contribution is 8.93. The molecule has 0 N–H and O–H groups in total. The molecule has 0 saturated heterocycles. The zero-order valence-electron chi connectivity index (χ0n) is 7.81. The highest BCUT2D eigenvalue weighted by Gasteiger charge is 1.98. The molecule has 0 rings (SSSR count). The van der Waals surface area contributed by atoms with Crippen LogP contribution in [0.3, 0.4) is 0 Å². The van der Waals surface area contributed by atoms with E-state index in [0.29, 0.717) is 0 Å². The van der Waals surface area contributed by atoms with Crippen LogP contribution in [0.15, 0.2) is 0 Å². The highest BCUT2D eigenvalue weighted by atomic mass is 79.9. The van der Waals surface area contributed by atoms with Gasteiger partial charge in [-0.2, -0.15) is 0 Å². The van der Waals surface area contributed by atoms with Crippen LogP contribution in [0.5, 0.6) is 0 Å². The summed E-state index contributed by atoms with van der Waals surface area (Å²) >= 11 is 0. The SMILES string of the molecule is Br.CCCCCC(P)CCC. The number of hydrogen-bond acceptors (Lipinski definition) is 0. The summed E-state index contributed by atoms with van der Waals surface area (Å²) in [5.41, 5.74) is 0.886. The van der Waals surface area contributed by atoms with Crippen LogP contribution >= 0.6 is 26.2 Å². The van der Waals surface area contributed by atoms with Crippen molar-refractivity contribution in [2.45, 2.75) is 58.0 Å². The normalized spacial score (nSPS) is 12.3. The van der Waals surface area contributed by atoms with Crippen LogP contribution in [0, 0.1) is 0 Å². The molecule has 0 fully saturated rings. The van der Waals surface area contributed by atoms with Gasteiger partial charge in [-0.3, -0.25) is 0 Å². The standard InChI is InChI=1S/C9H21P.BrH/c1-3-5-6-8-9(10)7-4-2;/h9H,3-8,10H2,1-2H3;1H. The first-order valence-electron chi connectivity index (χ1n) is 4.56. The van der Waals surface area contributed by atoms with Crippen molar-refractivity contribution in [3.05, 3.63) is 0 Å². The Balaban J connectivity index is 0. The molecule has 2 atom stereocenters. The molecule has 2 heteroatoms. The Labute approximate surface area is 84.5 Å². The number of rotatable bonds is 6. The highest BCUT2D eigenvalue weighted by Crippen LogP contribution is 2.15. The number of hydrogen-bond donors (Lipinski definition) is 0. The van der Waals surface area contributed by atoms with E-state index >= 15 is 0 Å². The minimum Gasteiger partial charge on any atom is -0.134 e. The number of unbranched alkanes of at least 4 members (excludes halogenated alkanes) is 2. The average Bonchev–Trinajstić information content (AvgIpc) is 1.89. The Morgan fingerprint density at radius 1 is 1.00 bits per heavy atom. The topological polar surface area (TPSA) is 0 Å². The third-order valence-electron chi connectivity index (χ3n) is 1.84. The molecule has 0 amide bonds. The van der Waals surface area contributed by atoms with E-state index in [4.69, 9.17) is 0 Å². The maximum absolute atomic E-state index is 2.95. The van der Waals surface area contributed by atoms with Crippen LogP contribution < -0.4 is 0 Å². The fourth-order valence-corrected chi connectivity index (χ4v) is 1.74. The Hall–Kier alpha value is 0.910. The van der Waals surface area contributed by atoms with E-state index < -0.39 is 0 Å². The molecule has 0 aliphatic rings. The first-order chi connectivity index (χ1) is 4.81. The maximum atomic E-state index is 2.95. The van der Waals surface area contributed by atoms with Crippen molar-refractivity contribution in [1.82, 2.24) is 0 Å². The smallest absolute Gasteiger partial charge is 0.0264 e. The lowest BCUT2D eigenvalue weighted by Gasteiger charge is -2.07. The predicted molar refractivity (Wildman–Crippen MR) is 62.9 cm³/mol. The zero-order chi connectivity index (χ0) is 7.82. The minimum atomic E-state index is 0. The molecule has 0 spiro atoms. The fraction of sp³-hybridized carbons (Fsp3) is 1.00. The lowest BCUT2D eigenvalue weighted by molar-refractivity contribution is 0.614. The van der Waals surface area contributed by atoms with Crippen molar-refractivity contribution in [2.24, 2.45) is 0 Å². The maximum Gasteiger partial charge on any atom is -0.0264 e. The van der Waals surface area contributed by atoms with Gasteiger partial charge in [0.25, 0.3) is 0 Å². The third-order valence-corrected chi connectivity index (χ3v) is 2.50. The average molecular weight is 241 g/mol. The molecule has 70 valence electrons. The first kappa shape index (κ1) is 14.4. The van der Waals surface area contributed by atoms with Gasteiger partial charge in [-0.05, 0) is 18.5 Å². The monoisotopic (exact) mass is 240 g/mol. The largest absolute Gasteiger partial charge is 0.134 e. The second-order valence-corrected chi connectivity index (χ2v) is 3.99. The molecule has 11 heavy (non-hydrogen) atoms. The van der Waals surface area contributed by atoms with Gasteiger partial charge < -0.3 is 0 Å². The molecule has 0 aromatic carbocycles. The summed E-state index contributed by atoms with van der Waals surface area (Å²) in [6.07, 6.45) is 8.31. The van der Waals surface area contributed by atoms with Gasteiger partial charge in [-0.15, -0.1) is 26.2 Å². The predicted octanol–water partition coefficient (Wildman–Crippen LogP) is 4.19. The molecule has 0 heterocycles. The summed E-state index contributed by atoms with van der Waals surface area (Å²) in [6.45, 7) is 4.52. The van der Waals surface area contributed by atoms with E-state index in [2.05, 4.69) is 23.1 Å². The van der Waals surface area contributed by atoms with Gasteiger partial charge in [-0.1, -0.05) is 39.5 Å². The van der Waals surface area contributed by atoms with Crippen molar-refractivity contribution in [3.63, 3.8) is 0 Å². The number of halogens is 1. The van der Waals surface area contributed by atoms with Crippen LogP contribution in [0.25, 0.3) is 0 Å². The van der Waals surface area contributed by atoms with E-state index in [1.54, 1.807) is 0 Å². The summed E-state index contributed by atoms with van der Waals surface area (Å²) in [7, 11) is 2.95. The van der Waals surface area contributed by atoms with Gasteiger partial charge in [-0.25, -0.2) is 0 Å². The molecule has 0 saturated carbocycles. The second-order valence-electron chi connectivity index (χ2n) is 3.04. The van der Waals surface area contributed by atoms with Gasteiger partial charge >= 0.3 is 0 Å². The summed E-state index contributed by atoms with van der Waals surface area (Å²) in [5.74, 6) is 0. The third kappa shape index (κ3) is 10.9. The van der Waals surface area contributed by atoms with Crippen molar-refractivity contribution in [2.75, 3.05) is 0 Å². The van der Waals surface area contributed by atoms with Crippen LogP contribution in [0.1, 0.15) is 52.4 Å². The van der Waals surface area contributed by atoms with E-state index in [1.807, 2.05) is 0 Å². The molecule has 0 aliphatic carbocycles. The van der Waals surface area contributed by atoms with Gasteiger partial charge in [0.15, 0.2) is 0 Å². The van der Waals surface area contributed by atoms with E-state index in [0.717, 1.165) is 5.66 Å². The van der Waals surface area contributed by atoms with E-state index in [-0.39, 0.29) is 17.0 Å². The van der Waals surface area contributed by atoms with Gasteiger partial charge in [0.05, 0.1) is 0 Å². The second kappa shape index (κ2) is 10.9. The Morgan fingerprint density at radius 3 is 2.09 bits per heavy atom. The van der Waals surface area contributed by atoms with Crippen molar-refractivity contribution >= 4 is 26.2 Å². The quantitative estimate of drug-likeness (QED) is 0.483. The van der Waals surface area contributed by atoms with Crippen molar-refractivity contribution in [1.29, 1.82) is 0 Å². The molecule has 0 nitrogen and oxygen atoms in total. The van der Waals surface area contributed by atoms with Crippen LogP contribution in [0.4, 0.5) is 0 Å². The summed E-state index contributed by atoms with van der Waals surface area (Å²) < 4.78 is 0. The molecular formula is C9H22BrP. The lowest BCUT2D eigenvalue weighted by Crippen LogP contribution is -1.95. The molecular weight excluding hydrogens is 219 g/mol. The van der Waals surface area contributed by atoms with Crippen LogP contribution in [-0.4, -0.2) is 5.66 Å². The van der Waals surface area contributed by atoms with Gasteiger partial charge in [0, 0.05) is 0 Å². The van der Waals surface area contributed by atoms with Gasteiger partial charge in [0.2, 0.25) is 0 Å². The van der Waals surface area contributed by atoms with Crippen molar-refractivity contribution < 1.29 is 0 Å². The molecule has 0 aromatic heterocycles. The van der Waals surface area contributed by atoms with Crippen LogP contribution in [0.2, 0.25) is 0 Å². The Morgan fingerprint density at radius 2 is 1.64 bits per heavy atom. The Bertz CT molecular complexity index is 66.6. The van der Waals surface area contributed by atoms with Crippen molar-refractivity contribution in [3.8, 4) is 0 Å². The minimum absolute atomic E-state index is 0. The lowest BCUT2D eigenvalue weighted by atomic mass is 10.1. The molecule has 0 radical (unpaired) electrons. The van der Waals surface area contributed by atoms with Gasteiger partial charge in [0.1, 0.15) is 0 Å². The summed E-state index contributed by atoms with van der Waals surface area (Å²) in [6, 6.07) is 0. The summed E-state index contributed by atoms with van der Waals surface area (Å²) in [5, 5.41) is 0. The van der Waals surface area contributed by atoms with E-state index in [9.17, 15) is 0 Å². The molecule has 0 aliphatic heterocycles. The molecule has 0 aromatic rings. The molecule has 2 unspecified atom stereocenters. The Kier molecular flexibility index (Phi) is 14.3. The molecule has 0 bridgehead atoms.